The van der Waals surface area contributed by atoms with Crippen molar-refractivity contribution in [3.8, 4) is 0 Å². The van der Waals surface area contributed by atoms with Crippen LogP contribution >= 0.6 is 0 Å². The molecule has 0 amide bonds. The third-order valence-electron chi connectivity index (χ3n) is 3.57. The fourth-order valence-electron chi connectivity index (χ4n) is 2.35. The quantitative estimate of drug-likeness (QED) is 0.821. The molecule has 1 aliphatic rings. The molecule has 0 aliphatic heterocycles. The Balaban J connectivity index is 2.23. The maximum absolute atomic E-state index is 13.5. The van der Waals surface area contributed by atoms with Crippen molar-refractivity contribution in [2.75, 3.05) is 0 Å². The molecule has 1 aromatic carbocycles. The summed E-state index contributed by atoms with van der Waals surface area (Å²) >= 11 is 0. The fraction of sp³-hybridized carbons (Fsp3) is 0.538. The first-order chi connectivity index (χ1) is 7.42. The summed E-state index contributed by atoms with van der Waals surface area (Å²) in [6, 6.07) is 3.25. The molecule has 1 N–H and O–H groups in total. The maximum atomic E-state index is 13.5. The molecule has 0 saturated heterocycles. The summed E-state index contributed by atoms with van der Waals surface area (Å²) in [6.07, 6.45) is 1.04. The van der Waals surface area contributed by atoms with Gasteiger partial charge in [0.25, 0.3) is 0 Å². The predicted molar refractivity (Wildman–Crippen MR) is 57.8 cm³/mol. The lowest BCUT2D eigenvalue weighted by atomic mass is 9.63. The van der Waals surface area contributed by atoms with E-state index in [0.717, 1.165) is 18.2 Å². The minimum absolute atomic E-state index is 0.101. The minimum Gasteiger partial charge on any atom is -0.385 e. The lowest BCUT2D eigenvalue weighted by Crippen LogP contribution is -2.43. The van der Waals surface area contributed by atoms with Crippen LogP contribution in [0.5, 0.6) is 0 Å². The van der Waals surface area contributed by atoms with Crippen LogP contribution in [0.4, 0.5) is 8.78 Å². The van der Waals surface area contributed by atoms with Gasteiger partial charge in [0.05, 0.1) is 5.60 Å². The molecule has 1 aliphatic carbocycles. The van der Waals surface area contributed by atoms with Gasteiger partial charge in [0, 0.05) is 5.56 Å². The third-order valence-corrected chi connectivity index (χ3v) is 3.57. The van der Waals surface area contributed by atoms with E-state index in [0.29, 0.717) is 24.7 Å². The molecular weight excluding hydrogens is 210 g/mol. The number of hydrogen-bond acceptors (Lipinski definition) is 1. The maximum Gasteiger partial charge on any atom is 0.129 e. The molecule has 0 spiro atoms. The summed E-state index contributed by atoms with van der Waals surface area (Å²) in [5, 5.41) is 10.2. The van der Waals surface area contributed by atoms with E-state index in [-0.39, 0.29) is 5.56 Å². The molecule has 0 heterocycles. The summed E-state index contributed by atoms with van der Waals surface area (Å²) in [5.41, 5.74) is -1.06. The van der Waals surface area contributed by atoms with Gasteiger partial charge in [-0.05, 0) is 42.9 Å². The second-order valence-corrected chi connectivity index (χ2v) is 5.07. The SMILES string of the molecule is CC(C)C1CC(O)(c2cc(F)ccc2F)C1. The number of hydrogen-bond donors (Lipinski definition) is 1. The smallest absolute Gasteiger partial charge is 0.129 e. The van der Waals surface area contributed by atoms with E-state index in [2.05, 4.69) is 13.8 Å². The van der Waals surface area contributed by atoms with Crippen molar-refractivity contribution < 1.29 is 13.9 Å². The van der Waals surface area contributed by atoms with E-state index in [9.17, 15) is 13.9 Å². The molecule has 1 fully saturated rings. The Bertz CT molecular complexity index is 395. The minimum atomic E-state index is -1.17. The van der Waals surface area contributed by atoms with E-state index in [1.807, 2.05) is 0 Å². The van der Waals surface area contributed by atoms with Gasteiger partial charge in [-0.1, -0.05) is 13.8 Å². The molecule has 1 saturated carbocycles. The van der Waals surface area contributed by atoms with Crippen LogP contribution < -0.4 is 0 Å². The third kappa shape index (κ3) is 1.84. The number of benzene rings is 1. The largest absolute Gasteiger partial charge is 0.385 e. The zero-order valence-electron chi connectivity index (χ0n) is 9.50. The van der Waals surface area contributed by atoms with Gasteiger partial charge in [0.2, 0.25) is 0 Å². The van der Waals surface area contributed by atoms with Gasteiger partial charge in [-0.15, -0.1) is 0 Å². The highest BCUT2D eigenvalue weighted by Crippen LogP contribution is 2.49. The van der Waals surface area contributed by atoms with Gasteiger partial charge in [-0.25, -0.2) is 8.78 Å². The van der Waals surface area contributed by atoms with Crippen molar-refractivity contribution >= 4 is 0 Å². The fourth-order valence-corrected chi connectivity index (χ4v) is 2.35. The molecule has 3 heteroatoms. The Morgan fingerprint density at radius 2 is 1.94 bits per heavy atom. The van der Waals surface area contributed by atoms with E-state index >= 15 is 0 Å². The number of halogens is 2. The topological polar surface area (TPSA) is 20.2 Å². The van der Waals surface area contributed by atoms with Crippen molar-refractivity contribution in [1.29, 1.82) is 0 Å². The van der Waals surface area contributed by atoms with Crippen LogP contribution in [0.3, 0.4) is 0 Å². The summed E-state index contributed by atoms with van der Waals surface area (Å²) in [5.74, 6) is -0.159. The first-order valence-electron chi connectivity index (χ1n) is 5.60. The molecule has 16 heavy (non-hydrogen) atoms. The average Bonchev–Trinajstić information content (AvgIpc) is 2.16. The second-order valence-electron chi connectivity index (χ2n) is 5.07. The van der Waals surface area contributed by atoms with Crippen LogP contribution in [0.25, 0.3) is 0 Å². The number of rotatable bonds is 2. The summed E-state index contributed by atoms with van der Waals surface area (Å²) in [4.78, 5) is 0. The molecule has 1 aromatic rings. The normalized spacial score (nSPS) is 29.2. The van der Waals surface area contributed by atoms with Crippen molar-refractivity contribution in [3.63, 3.8) is 0 Å². The zero-order chi connectivity index (χ0) is 11.9. The van der Waals surface area contributed by atoms with E-state index in [1.165, 1.54) is 0 Å². The molecule has 0 radical (unpaired) electrons. The molecular formula is C13H16F2O. The Morgan fingerprint density at radius 3 is 2.50 bits per heavy atom. The second kappa shape index (κ2) is 3.81. The average molecular weight is 226 g/mol. The lowest BCUT2D eigenvalue weighted by molar-refractivity contribution is -0.0957. The van der Waals surface area contributed by atoms with Gasteiger partial charge >= 0.3 is 0 Å². The van der Waals surface area contributed by atoms with Gasteiger partial charge in [-0.2, -0.15) is 0 Å². The highest BCUT2D eigenvalue weighted by molar-refractivity contribution is 5.28. The van der Waals surface area contributed by atoms with Crippen LogP contribution in [0.1, 0.15) is 32.3 Å². The molecule has 0 unspecified atom stereocenters. The van der Waals surface area contributed by atoms with Crippen molar-refractivity contribution in [2.24, 2.45) is 11.8 Å². The molecule has 88 valence electrons. The predicted octanol–water partition coefficient (Wildman–Crippen LogP) is 3.22. The summed E-state index contributed by atoms with van der Waals surface area (Å²) in [6.45, 7) is 4.15. The highest BCUT2D eigenvalue weighted by atomic mass is 19.1. The Kier molecular flexibility index (Phi) is 2.74. The summed E-state index contributed by atoms with van der Waals surface area (Å²) in [7, 11) is 0. The van der Waals surface area contributed by atoms with Crippen LogP contribution in [-0.4, -0.2) is 5.11 Å². The van der Waals surface area contributed by atoms with E-state index in [1.54, 1.807) is 0 Å². The molecule has 1 nitrogen and oxygen atoms in total. The Hall–Kier alpha value is -0.960. The van der Waals surface area contributed by atoms with Crippen molar-refractivity contribution in [2.45, 2.75) is 32.3 Å². The molecule has 0 aromatic heterocycles. The van der Waals surface area contributed by atoms with Crippen molar-refractivity contribution in [1.82, 2.24) is 0 Å². The van der Waals surface area contributed by atoms with Gasteiger partial charge in [0.1, 0.15) is 11.6 Å². The van der Waals surface area contributed by atoms with E-state index in [4.69, 9.17) is 0 Å². The van der Waals surface area contributed by atoms with Crippen LogP contribution in [0.2, 0.25) is 0 Å². The van der Waals surface area contributed by atoms with E-state index < -0.39 is 17.2 Å². The Labute approximate surface area is 94.1 Å². The van der Waals surface area contributed by atoms with Gasteiger partial charge in [0.15, 0.2) is 0 Å². The first kappa shape index (κ1) is 11.5. The van der Waals surface area contributed by atoms with Crippen LogP contribution in [0, 0.1) is 23.5 Å². The summed E-state index contributed by atoms with van der Waals surface area (Å²) < 4.78 is 26.5. The van der Waals surface area contributed by atoms with Crippen molar-refractivity contribution in [3.05, 3.63) is 35.4 Å². The first-order valence-corrected chi connectivity index (χ1v) is 5.60. The highest BCUT2D eigenvalue weighted by Gasteiger charge is 2.46. The molecule has 2 rings (SSSR count). The number of aliphatic hydroxyl groups is 1. The zero-order valence-corrected chi connectivity index (χ0v) is 9.50. The van der Waals surface area contributed by atoms with Gasteiger partial charge in [-0.3, -0.25) is 0 Å². The molecule has 0 atom stereocenters. The lowest BCUT2D eigenvalue weighted by Gasteiger charge is -2.46. The van der Waals surface area contributed by atoms with Crippen LogP contribution in [-0.2, 0) is 5.60 Å². The monoisotopic (exact) mass is 226 g/mol. The Morgan fingerprint density at radius 1 is 1.31 bits per heavy atom. The standard InChI is InChI=1S/C13H16F2O/c1-8(2)9-6-13(16,7-9)11-5-10(14)3-4-12(11)15/h3-5,8-9,16H,6-7H2,1-2H3. The van der Waals surface area contributed by atoms with Gasteiger partial charge < -0.3 is 5.11 Å². The van der Waals surface area contributed by atoms with Crippen LogP contribution in [0.15, 0.2) is 18.2 Å². The molecule has 0 bridgehead atoms.